The van der Waals surface area contributed by atoms with Gasteiger partial charge in [0.15, 0.2) is 6.61 Å². The Morgan fingerprint density at radius 1 is 1.03 bits per heavy atom. The van der Waals surface area contributed by atoms with E-state index in [2.05, 4.69) is 5.32 Å². The minimum absolute atomic E-state index is 0.107. The summed E-state index contributed by atoms with van der Waals surface area (Å²) in [5.41, 5.74) is 3.19. The molecule has 4 rings (SSSR count). The molecule has 0 aromatic heterocycles. The Kier molecular flexibility index (Phi) is 7.80. The molecule has 0 bridgehead atoms. The van der Waals surface area contributed by atoms with E-state index in [1.165, 1.54) is 4.90 Å². The minimum atomic E-state index is -0.376. The van der Waals surface area contributed by atoms with Gasteiger partial charge in [-0.25, -0.2) is 0 Å². The molecule has 1 N–H and O–H groups in total. The molecule has 3 amide bonds. The Morgan fingerprint density at radius 2 is 1.80 bits per heavy atom. The molecule has 0 saturated carbocycles. The Bertz CT molecular complexity index is 1330. The van der Waals surface area contributed by atoms with Gasteiger partial charge in [-0.2, -0.15) is 0 Å². The van der Waals surface area contributed by atoms with E-state index in [1.807, 2.05) is 31.2 Å². The van der Waals surface area contributed by atoms with Crippen LogP contribution < -0.4 is 10.1 Å². The lowest BCUT2D eigenvalue weighted by atomic mass is 10.2. The number of rotatable bonds is 7. The topological polar surface area (TPSA) is 75.7 Å². The van der Waals surface area contributed by atoms with Gasteiger partial charge in [-0.05, 0) is 77.9 Å². The predicted octanol–water partition coefficient (Wildman–Crippen LogP) is 6.56. The predicted molar refractivity (Wildman–Crippen MR) is 140 cm³/mol. The largest absolute Gasteiger partial charge is 0.484 e. The van der Waals surface area contributed by atoms with Crippen molar-refractivity contribution in [2.45, 2.75) is 13.5 Å². The fraction of sp³-hybridized carbons (Fsp3) is 0.115. The summed E-state index contributed by atoms with van der Waals surface area (Å²) >= 11 is 12.8. The summed E-state index contributed by atoms with van der Waals surface area (Å²) in [5.74, 6) is -0.135. The number of carbonyl (C=O) groups is 3. The molecular formula is C26H20Cl2N2O4S. The first-order valence-corrected chi connectivity index (χ1v) is 12.1. The van der Waals surface area contributed by atoms with E-state index in [0.717, 1.165) is 22.9 Å². The molecule has 3 aromatic rings. The average Bonchev–Trinajstić information content (AvgIpc) is 3.08. The summed E-state index contributed by atoms with van der Waals surface area (Å²) in [6.45, 7) is 1.92. The smallest absolute Gasteiger partial charge is 0.293 e. The van der Waals surface area contributed by atoms with E-state index in [4.69, 9.17) is 27.9 Å². The van der Waals surface area contributed by atoms with Gasteiger partial charge in [0, 0.05) is 5.69 Å². The van der Waals surface area contributed by atoms with Crippen molar-refractivity contribution < 1.29 is 19.1 Å². The Morgan fingerprint density at radius 3 is 2.51 bits per heavy atom. The minimum Gasteiger partial charge on any atom is -0.484 e. The van der Waals surface area contributed by atoms with Crippen LogP contribution in [-0.4, -0.2) is 28.6 Å². The zero-order valence-electron chi connectivity index (χ0n) is 18.6. The highest BCUT2D eigenvalue weighted by Gasteiger charge is 2.35. The van der Waals surface area contributed by atoms with Crippen LogP contribution in [0.1, 0.15) is 16.7 Å². The maximum absolute atomic E-state index is 12.8. The molecule has 0 unspecified atom stereocenters. The highest BCUT2D eigenvalue weighted by atomic mass is 35.5. The molecule has 0 spiro atoms. The average molecular weight is 527 g/mol. The van der Waals surface area contributed by atoms with Crippen molar-refractivity contribution in [3.05, 3.63) is 98.4 Å². The molecule has 1 aliphatic heterocycles. The fourth-order valence-corrected chi connectivity index (χ4v) is 4.50. The van der Waals surface area contributed by atoms with Gasteiger partial charge < -0.3 is 10.1 Å². The van der Waals surface area contributed by atoms with E-state index in [9.17, 15) is 14.4 Å². The first-order valence-electron chi connectivity index (χ1n) is 10.6. The van der Waals surface area contributed by atoms with Crippen LogP contribution in [0.25, 0.3) is 6.08 Å². The highest BCUT2D eigenvalue weighted by Crippen LogP contribution is 2.34. The summed E-state index contributed by atoms with van der Waals surface area (Å²) < 4.78 is 5.55. The molecule has 3 aromatic carbocycles. The maximum atomic E-state index is 12.8. The lowest BCUT2D eigenvalue weighted by Crippen LogP contribution is -2.27. The number of nitrogens with one attached hydrogen (secondary N) is 1. The Balaban J connectivity index is 1.34. The molecule has 9 heteroatoms. The molecule has 0 radical (unpaired) electrons. The number of hydrogen-bond acceptors (Lipinski definition) is 5. The number of benzene rings is 3. The molecule has 35 heavy (non-hydrogen) atoms. The van der Waals surface area contributed by atoms with Crippen molar-refractivity contribution in [3.8, 4) is 5.75 Å². The number of aryl methyl sites for hydroxylation is 1. The first-order chi connectivity index (χ1) is 16.8. The number of thioether (sulfide) groups is 1. The van der Waals surface area contributed by atoms with Crippen LogP contribution in [0.15, 0.2) is 71.6 Å². The van der Waals surface area contributed by atoms with Gasteiger partial charge in [0.05, 0.1) is 21.5 Å². The number of imide groups is 1. The molecule has 6 nitrogen and oxygen atoms in total. The van der Waals surface area contributed by atoms with E-state index < -0.39 is 0 Å². The van der Waals surface area contributed by atoms with Crippen molar-refractivity contribution >= 4 is 63.8 Å². The third-order valence-electron chi connectivity index (χ3n) is 5.05. The van der Waals surface area contributed by atoms with Crippen LogP contribution in [0.3, 0.4) is 0 Å². The lowest BCUT2D eigenvalue weighted by molar-refractivity contribution is -0.123. The molecule has 1 fully saturated rings. The van der Waals surface area contributed by atoms with E-state index >= 15 is 0 Å². The number of ether oxygens (including phenoxy) is 1. The molecule has 1 heterocycles. The third kappa shape index (κ3) is 6.45. The maximum Gasteiger partial charge on any atom is 0.293 e. The van der Waals surface area contributed by atoms with Gasteiger partial charge in [-0.3, -0.25) is 19.3 Å². The van der Waals surface area contributed by atoms with E-state index in [0.29, 0.717) is 32.0 Å². The van der Waals surface area contributed by atoms with Gasteiger partial charge in [-0.15, -0.1) is 0 Å². The number of carbonyl (C=O) groups excluding carboxylic acids is 3. The van der Waals surface area contributed by atoms with Gasteiger partial charge in [0.2, 0.25) is 0 Å². The number of anilines is 1. The quantitative estimate of drug-likeness (QED) is 0.353. The number of hydrogen-bond donors (Lipinski definition) is 1. The van der Waals surface area contributed by atoms with Crippen LogP contribution in [0.5, 0.6) is 5.75 Å². The zero-order chi connectivity index (χ0) is 24.9. The van der Waals surface area contributed by atoms with E-state index in [-0.39, 0.29) is 30.2 Å². The molecular weight excluding hydrogens is 507 g/mol. The lowest BCUT2D eigenvalue weighted by Gasteiger charge is -2.12. The molecule has 0 atom stereocenters. The number of nitrogens with zero attached hydrogens (tertiary/aromatic N) is 1. The zero-order valence-corrected chi connectivity index (χ0v) is 20.9. The second-order valence-corrected chi connectivity index (χ2v) is 9.60. The summed E-state index contributed by atoms with van der Waals surface area (Å²) in [6.07, 6.45) is 1.65. The normalized spacial score (nSPS) is 14.5. The van der Waals surface area contributed by atoms with Gasteiger partial charge in [0.1, 0.15) is 5.75 Å². The summed E-state index contributed by atoms with van der Waals surface area (Å²) in [5, 5.41) is 3.20. The molecule has 1 aliphatic rings. The molecule has 0 aliphatic carbocycles. The van der Waals surface area contributed by atoms with E-state index in [1.54, 1.807) is 48.5 Å². The fourth-order valence-electron chi connectivity index (χ4n) is 3.34. The molecule has 178 valence electrons. The summed E-state index contributed by atoms with van der Waals surface area (Å²) in [4.78, 5) is 38.8. The van der Waals surface area contributed by atoms with Gasteiger partial charge in [0.25, 0.3) is 17.1 Å². The standard InChI is InChI=1S/C26H20Cl2N2O4S/c1-16-3-2-4-19(11-16)29-24(31)15-34-20-8-5-17(6-9-20)13-23-25(32)30(26(33)35-23)14-18-7-10-21(27)22(28)12-18/h2-13H,14-15H2,1H3,(H,29,31)/b23-13-. The van der Waals surface area contributed by atoms with Crippen molar-refractivity contribution in [2.24, 2.45) is 0 Å². The van der Waals surface area contributed by atoms with Gasteiger partial charge in [-0.1, -0.05) is 53.5 Å². The number of halogens is 2. The first kappa shape index (κ1) is 24.9. The Hall–Kier alpha value is -3.26. The summed E-state index contributed by atoms with van der Waals surface area (Å²) in [7, 11) is 0. The third-order valence-corrected chi connectivity index (χ3v) is 6.69. The Labute approximate surface area is 216 Å². The van der Waals surface area contributed by atoms with Crippen LogP contribution in [0, 0.1) is 6.92 Å². The van der Waals surface area contributed by atoms with Crippen LogP contribution in [0.2, 0.25) is 10.0 Å². The second-order valence-electron chi connectivity index (χ2n) is 7.79. The van der Waals surface area contributed by atoms with Crippen LogP contribution in [0.4, 0.5) is 10.5 Å². The highest BCUT2D eigenvalue weighted by molar-refractivity contribution is 8.18. The second kappa shape index (κ2) is 11.0. The van der Waals surface area contributed by atoms with Crippen molar-refractivity contribution in [2.75, 3.05) is 11.9 Å². The molecule has 1 saturated heterocycles. The number of amides is 3. The van der Waals surface area contributed by atoms with Crippen LogP contribution in [-0.2, 0) is 16.1 Å². The van der Waals surface area contributed by atoms with Gasteiger partial charge >= 0.3 is 0 Å². The van der Waals surface area contributed by atoms with Crippen LogP contribution >= 0.6 is 35.0 Å². The van der Waals surface area contributed by atoms with Crippen molar-refractivity contribution in [1.29, 1.82) is 0 Å². The van der Waals surface area contributed by atoms with Crippen molar-refractivity contribution in [3.63, 3.8) is 0 Å². The SMILES string of the molecule is Cc1cccc(NC(=O)COc2ccc(/C=C3\SC(=O)N(Cc4ccc(Cl)c(Cl)c4)C3=O)cc2)c1. The van der Waals surface area contributed by atoms with Crippen molar-refractivity contribution in [1.82, 2.24) is 4.90 Å². The monoisotopic (exact) mass is 526 g/mol. The summed E-state index contributed by atoms with van der Waals surface area (Å²) in [6, 6.07) is 19.4.